The summed E-state index contributed by atoms with van der Waals surface area (Å²) in [6.45, 7) is 10.1. The predicted molar refractivity (Wildman–Crippen MR) is 107 cm³/mol. The molecule has 28 heavy (non-hydrogen) atoms. The molecule has 0 bridgehead atoms. The van der Waals surface area contributed by atoms with Crippen molar-refractivity contribution in [2.75, 3.05) is 44.3 Å². The standard InChI is InChI=1S/C21H32F2N4O/c1-21(2,3)15-6-11-27(14-15)16-7-12-26(13-8-16)18-5-4-17(25-19(18)23)20(28)24-10-9-22/h4-5,15-16H,6-14H2,1-3H3,(H,24,28). The van der Waals surface area contributed by atoms with Crippen LogP contribution >= 0.6 is 0 Å². The van der Waals surface area contributed by atoms with Gasteiger partial charge in [-0.1, -0.05) is 20.8 Å². The number of carbonyl (C=O) groups is 1. The molecule has 1 aromatic rings. The molecule has 1 unspecified atom stereocenters. The van der Waals surface area contributed by atoms with Crippen LogP contribution in [-0.2, 0) is 0 Å². The first-order chi connectivity index (χ1) is 13.3. The zero-order valence-corrected chi connectivity index (χ0v) is 17.2. The van der Waals surface area contributed by atoms with Gasteiger partial charge < -0.3 is 10.2 Å². The number of nitrogens with zero attached hydrogens (tertiary/aromatic N) is 3. The van der Waals surface area contributed by atoms with Crippen molar-refractivity contribution >= 4 is 11.6 Å². The lowest BCUT2D eigenvalue weighted by atomic mass is 9.80. The molecule has 0 saturated carbocycles. The minimum atomic E-state index is -0.658. The Morgan fingerprint density at radius 2 is 1.93 bits per heavy atom. The fourth-order valence-electron chi connectivity index (χ4n) is 4.34. The average molecular weight is 395 g/mol. The number of carbonyl (C=O) groups excluding carboxylic acids is 1. The zero-order chi connectivity index (χ0) is 20.3. The van der Waals surface area contributed by atoms with E-state index in [0.717, 1.165) is 44.9 Å². The Labute approximate surface area is 166 Å². The first-order valence-corrected chi connectivity index (χ1v) is 10.3. The predicted octanol–water partition coefficient (Wildman–Crippen LogP) is 3.26. The molecule has 1 amide bonds. The normalized spacial score (nSPS) is 21.9. The van der Waals surface area contributed by atoms with Crippen molar-refractivity contribution in [3.8, 4) is 0 Å². The molecule has 2 aliphatic rings. The summed E-state index contributed by atoms with van der Waals surface area (Å²) < 4.78 is 26.6. The van der Waals surface area contributed by atoms with E-state index in [1.165, 1.54) is 12.5 Å². The Kier molecular flexibility index (Phi) is 6.53. The lowest BCUT2D eigenvalue weighted by molar-refractivity contribution is 0.0944. The van der Waals surface area contributed by atoms with Crippen LogP contribution < -0.4 is 10.2 Å². The van der Waals surface area contributed by atoms with E-state index >= 15 is 0 Å². The van der Waals surface area contributed by atoms with Gasteiger partial charge in [0.2, 0.25) is 5.95 Å². The maximum absolute atomic E-state index is 14.5. The summed E-state index contributed by atoms with van der Waals surface area (Å²) in [5.41, 5.74) is 0.770. The lowest BCUT2D eigenvalue weighted by Crippen LogP contribution is -2.44. The van der Waals surface area contributed by atoms with E-state index in [4.69, 9.17) is 0 Å². The van der Waals surface area contributed by atoms with E-state index in [-0.39, 0.29) is 12.2 Å². The Bertz CT molecular complexity index is 683. The van der Waals surface area contributed by atoms with E-state index in [9.17, 15) is 13.6 Å². The highest BCUT2D eigenvalue weighted by Crippen LogP contribution is 2.36. The molecule has 0 aromatic carbocycles. The van der Waals surface area contributed by atoms with Gasteiger partial charge in [-0.2, -0.15) is 4.39 Å². The molecule has 156 valence electrons. The fraction of sp³-hybridized carbons (Fsp3) is 0.714. The molecular formula is C21H32F2N4O. The summed E-state index contributed by atoms with van der Waals surface area (Å²) in [6, 6.07) is 3.68. The number of amides is 1. The van der Waals surface area contributed by atoms with E-state index < -0.39 is 18.5 Å². The average Bonchev–Trinajstić information content (AvgIpc) is 3.17. The van der Waals surface area contributed by atoms with Crippen LogP contribution in [0.15, 0.2) is 12.1 Å². The number of piperidine rings is 1. The Balaban J connectivity index is 1.56. The topological polar surface area (TPSA) is 48.5 Å². The second kappa shape index (κ2) is 8.72. The van der Waals surface area contributed by atoms with Gasteiger partial charge in [-0.15, -0.1) is 0 Å². The second-order valence-corrected chi connectivity index (χ2v) is 9.02. The number of hydrogen-bond donors (Lipinski definition) is 1. The minimum Gasteiger partial charge on any atom is -0.368 e. The first kappa shape index (κ1) is 21.0. The minimum absolute atomic E-state index is 0.0186. The van der Waals surface area contributed by atoms with Crippen LogP contribution in [0.2, 0.25) is 0 Å². The number of aromatic nitrogens is 1. The van der Waals surface area contributed by atoms with E-state index in [2.05, 4.69) is 36.0 Å². The van der Waals surface area contributed by atoms with Gasteiger partial charge in [-0.3, -0.25) is 9.69 Å². The fourth-order valence-corrected chi connectivity index (χ4v) is 4.34. The summed E-state index contributed by atoms with van der Waals surface area (Å²) in [7, 11) is 0. The molecule has 5 nitrogen and oxygen atoms in total. The Hall–Kier alpha value is -1.76. The summed E-state index contributed by atoms with van der Waals surface area (Å²) in [5, 5.41) is 2.36. The van der Waals surface area contributed by atoms with Crippen molar-refractivity contribution in [3.05, 3.63) is 23.8 Å². The summed E-state index contributed by atoms with van der Waals surface area (Å²) >= 11 is 0. The van der Waals surface area contributed by atoms with Crippen LogP contribution in [-0.4, -0.2) is 61.2 Å². The zero-order valence-electron chi connectivity index (χ0n) is 17.2. The van der Waals surface area contributed by atoms with Gasteiger partial charge in [0, 0.05) is 32.2 Å². The van der Waals surface area contributed by atoms with Gasteiger partial charge in [0.05, 0.1) is 5.69 Å². The van der Waals surface area contributed by atoms with Crippen molar-refractivity contribution < 1.29 is 13.6 Å². The van der Waals surface area contributed by atoms with Gasteiger partial charge in [-0.25, -0.2) is 9.37 Å². The molecule has 1 aromatic heterocycles. The number of hydrogen-bond acceptors (Lipinski definition) is 4. The van der Waals surface area contributed by atoms with Crippen molar-refractivity contribution in [1.82, 2.24) is 15.2 Å². The summed E-state index contributed by atoms with van der Waals surface area (Å²) in [5.74, 6) is -0.451. The van der Waals surface area contributed by atoms with E-state index in [1.54, 1.807) is 6.07 Å². The lowest BCUT2D eigenvalue weighted by Gasteiger charge is -2.38. The highest BCUT2D eigenvalue weighted by molar-refractivity contribution is 5.92. The Morgan fingerprint density at radius 3 is 2.50 bits per heavy atom. The van der Waals surface area contributed by atoms with Crippen LogP contribution in [0.1, 0.15) is 50.5 Å². The van der Waals surface area contributed by atoms with Crippen LogP contribution in [0, 0.1) is 17.3 Å². The summed E-state index contributed by atoms with van der Waals surface area (Å²) in [4.78, 5) is 20.2. The number of rotatable bonds is 5. The van der Waals surface area contributed by atoms with Crippen molar-refractivity contribution in [3.63, 3.8) is 0 Å². The largest absolute Gasteiger partial charge is 0.368 e. The molecule has 1 N–H and O–H groups in total. The highest BCUT2D eigenvalue weighted by atomic mass is 19.1. The maximum Gasteiger partial charge on any atom is 0.270 e. The number of halogens is 2. The molecule has 2 saturated heterocycles. The molecule has 0 aliphatic carbocycles. The van der Waals surface area contributed by atoms with Crippen molar-refractivity contribution in [2.24, 2.45) is 11.3 Å². The maximum atomic E-state index is 14.5. The molecule has 3 heterocycles. The van der Waals surface area contributed by atoms with E-state index in [1.807, 2.05) is 4.90 Å². The number of anilines is 1. The number of pyridine rings is 1. The van der Waals surface area contributed by atoms with Gasteiger partial charge in [-0.05, 0) is 49.3 Å². The third-order valence-corrected chi connectivity index (χ3v) is 6.21. The highest BCUT2D eigenvalue weighted by Gasteiger charge is 2.36. The molecular weight excluding hydrogens is 362 g/mol. The Morgan fingerprint density at radius 1 is 1.21 bits per heavy atom. The molecule has 1 atom stereocenters. The van der Waals surface area contributed by atoms with Gasteiger partial charge in [0.1, 0.15) is 12.4 Å². The molecule has 7 heteroatoms. The quantitative estimate of drug-likeness (QED) is 0.779. The van der Waals surface area contributed by atoms with Gasteiger partial charge in [0.25, 0.3) is 5.91 Å². The molecule has 0 spiro atoms. The summed E-state index contributed by atoms with van der Waals surface area (Å²) in [6.07, 6.45) is 3.28. The molecule has 2 fully saturated rings. The molecule has 3 rings (SSSR count). The van der Waals surface area contributed by atoms with E-state index in [0.29, 0.717) is 17.1 Å². The van der Waals surface area contributed by atoms with Crippen LogP contribution in [0.5, 0.6) is 0 Å². The first-order valence-electron chi connectivity index (χ1n) is 10.3. The van der Waals surface area contributed by atoms with Gasteiger partial charge in [0.15, 0.2) is 0 Å². The van der Waals surface area contributed by atoms with Crippen LogP contribution in [0.3, 0.4) is 0 Å². The number of nitrogens with one attached hydrogen (secondary N) is 1. The SMILES string of the molecule is CC(C)(C)C1CCN(C2CCN(c3ccc(C(=O)NCCF)nc3F)CC2)C1. The monoisotopic (exact) mass is 394 g/mol. The number of likely N-dealkylation sites (tertiary alicyclic amines) is 1. The third-order valence-electron chi connectivity index (χ3n) is 6.21. The van der Waals surface area contributed by atoms with Crippen molar-refractivity contribution in [2.45, 2.75) is 46.1 Å². The molecule has 2 aliphatic heterocycles. The van der Waals surface area contributed by atoms with Crippen LogP contribution in [0.25, 0.3) is 0 Å². The van der Waals surface area contributed by atoms with Crippen molar-refractivity contribution in [1.29, 1.82) is 0 Å². The second-order valence-electron chi connectivity index (χ2n) is 9.02. The number of alkyl halides is 1. The third kappa shape index (κ3) is 4.80. The smallest absolute Gasteiger partial charge is 0.270 e. The van der Waals surface area contributed by atoms with Gasteiger partial charge >= 0.3 is 0 Å². The van der Waals surface area contributed by atoms with Crippen LogP contribution in [0.4, 0.5) is 14.5 Å². The molecule has 0 radical (unpaired) electrons.